The number of carbonyl (C=O) groups is 4. The first-order valence-electron chi connectivity index (χ1n) is 13.4. The molecule has 40 heavy (non-hydrogen) atoms. The van der Waals surface area contributed by atoms with Gasteiger partial charge in [-0.25, -0.2) is 4.79 Å². The van der Waals surface area contributed by atoms with Crippen molar-refractivity contribution in [3.63, 3.8) is 0 Å². The highest BCUT2D eigenvalue weighted by Gasteiger charge is 2.36. The van der Waals surface area contributed by atoms with Crippen LogP contribution in [0.15, 0.2) is 49.0 Å². The molecule has 0 spiro atoms. The molecule has 0 saturated heterocycles. The lowest BCUT2D eigenvalue weighted by atomic mass is 9.99. The molecule has 2 aromatic rings. The second-order valence-corrected chi connectivity index (χ2v) is 10.8. The second-order valence-electron chi connectivity index (χ2n) is 10.8. The fraction of sp³-hybridized carbons (Fsp3) is 0.419. The highest BCUT2D eigenvalue weighted by atomic mass is 16.6. The number of aryl methyl sites for hydroxylation is 2. The molecule has 216 valence electrons. The molecule has 0 saturated carbocycles. The van der Waals surface area contributed by atoms with E-state index in [0.29, 0.717) is 17.7 Å². The summed E-state index contributed by atoms with van der Waals surface area (Å²) in [5.41, 5.74) is 8.36. The van der Waals surface area contributed by atoms with E-state index in [9.17, 15) is 19.2 Å². The lowest BCUT2D eigenvalue weighted by molar-refractivity contribution is -0.141. The Balaban J connectivity index is 2.58. The quantitative estimate of drug-likeness (QED) is 0.341. The first-order valence-corrected chi connectivity index (χ1v) is 13.4. The molecule has 0 bridgehead atoms. The van der Waals surface area contributed by atoms with Crippen molar-refractivity contribution in [2.45, 2.75) is 78.5 Å². The number of hydrogen-bond donors (Lipinski definition) is 3. The van der Waals surface area contributed by atoms with Crippen LogP contribution in [0.3, 0.4) is 0 Å². The number of amides is 4. The van der Waals surface area contributed by atoms with Crippen LogP contribution in [-0.2, 0) is 19.1 Å². The average Bonchev–Trinajstić information content (AvgIpc) is 2.87. The van der Waals surface area contributed by atoms with E-state index >= 15 is 0 Å². The van der Waals surface area contributed by atoms with Crippen molar-refractivity contribution in [3.05, 3.63) is 71.3 Å². The van der Waals surface area contributed by atoms with Crippen LogP contribution in [-0.4, -0.2) is 46.9 Å². The van der Waals surface area contributed by atoms with Gasteiger partial charge in [0.15, 0.2) is 0 Å². The number of nitrogens with one attached hydrogen (secondary N) is 2. The van der Waals surface area contributed by atoms with E-state index in [4.69, 9.17) is 10.5 Å². The van der Waals surface area contributed by atoms with Crippen LogP contribution in [0.25, 0.3) is 6.08 Å². The van der Waals surface area contributed by atoms with Crippen molar-refractivity contribution in [2.75, 3.05) is 11.9 Å². The summed E-state index contributed by atoms with van der Waals surface area (Å²) < 4.78 is 5.37. The number of hydrogen-bond acceptors (Lipinski definition) is 5. The fourth-order valence-corrected chi connectivity index (χ4v) is 4.33. The van der Waals surface area contributed by atoms with Gasteiger partial charge in [-0.15, -0.1) is 0 Å². The van der Waals surface area contributed by atoms with Crippen LogP contribution < -0.4 is 16.4 Å². The molecule has 2 unspecified atom stereocenters. The van der Waals surface area contributed by atoms with Gasteiger partial charge in [-0.05, 0) is 75.8 Å². The maximum absolute atomic E-state index is 14.1. The first-order chi connectivity index (χ1) is 18.8. The maximum atomic E-state index is 14.1. The van der Waals surface area contributed by atoms with E-state index in [0.717, 1.165) is 16.7 Å². The van der Waals surface area contributed by atoms with Crippen LogP contribution >= 0.6 is 0 Å². The van der Waals surface area contributed by atoms with E-state index in [1.165, 1.54) is 4.90 Å². The Kier molecular flexibility index (Phi) is 11.5. The van der Waals surface area contributed by atoms with Crippen molar-refractivity contribution in [3.8, 4) is 0 Å². The fourth-order valence-electron chi connectivity index (χ4n) is 4.33. The SMILES string of the molecule is C=Cc1cccc(C(C(=O)Nc2c(C)cccc2C)N(CCC)C(=O)C(CCC(N)=O)NC(=O)OC(C)(C)C)c1. The highest BCUT2D eigenvalue weighted by molar-refractivity contribution is 6.00. The Hall–Kier alpha value is -4.14. The average molecular weight is 551 g/mol. The van der Waals surface area contributed by atoms with Gasteiger partial charge in [0.1, 0.15) is 17.7 Å². The molecule has 0 aliphatic rings. The lowest BCUT2D eigenvalue weighted by Crippen LogP contribution is -2.52. The van der Waals surface area contributed by atoms with Gasteiger partial charge in [-0.1, -0.05) is 56.0 Å². The van der Waals surface area contributed by atoms with Gasteiger partial charge in [0.2, 0.25) is 11.8 Å². The van der Waals surface area contributed by atoms with Crippen molar-refractivity contribution in [1.82, 2.24) is 10.2 Å². The standard InChI is InChI=1S/C31H42N4O5/c1-8-18-35(29(38)24(16-17-25(32)36)33-30(39)40-31(5,6)7)27(23-15-11-14-22(9-2)19-23)28(37)34-26-20(3)12-10-13-21(26)4/h9-15,19,24,27H,2,8,16-18H2,1,3-7H3,(H2,32,36)(H,33,39)(H,34,37). The molecule has 4 N–H and O–H groups in total. The maximum Gasteiger partial charge on any atom is 0.408 e. The third kappa shape index (κ3) is 9.25. The predicted octanol–water partition coefficient (Wildman–Crippen LogP) is 5.02. The smallest absolute Gasteiger partial charge is 0.408 e. The van der Waals surface area contributed by atoms with E-state index in [-0.39, 0.29) is 19.4 Å². The molecule has 0 fully saturated rings. The van der Waals surface area contributed by atoms with Gasteiger partial charge < -0.3 is 26.0 Å². The Labute approximate surface area is 237 Å². The number of primary amides is 1. The van der Waals surface area contributed by atoms with E-state index in [1.54, 1.807) is 45.0 Å². The molecular formula is C31H42N4O5. The van der Waals surface area contributed by atoms with E-state index in [2.05, 4.69) is 17.2 Å². The summed E-state index contributed by atoms with van der Waals surface area (Å²) in [4.78, 5) is 53.8. The summed E-state index contributed by atoms with van der Waals surface area (Å²) in [5.74, 6) is -1.56. The number of nitrogens with zero attached hydrogens (tertiary/aromatic N) is 1. The Morgan fingerprint density at radius 3 is 2.25 bits per heavy atom. The van der Waals surface area contributed by atoms with Gasteiger partial charge in [0.25, 0.3) is 5.91 Å². The van der Waals surface area contributed by atoms with E-state index < -0.39 is 41.5 Å². The zero-order valence-corrected chi connectivity index (χ0v) is 24.4. The first kappa shape index (κ1) is 32.1. The van der Waals surface area contributed by atoms with Crippen molar-refractivity contribution >= 4 is 35.6 Å². The van der Waals surface area contributed by atoms with Gasteiger partial charge in [0, 0.05) is 18.7 Å². The largest absolute Gasteiger partial charge is 0.444 e. The third-order valence-electron chi connectivity index (χ3n) is 6.17. The number of nitrogens with two attached hydrogens (primary N) is 1. The normalized spacial score (nSPS) is 12.6. The molecule has 9 nitrogen and oxygen atoms in total. The third-order valence-corrected chi connectivity index (χ3v) is 6.17. The minimum Gasteiger partial charge on any atom is -0.444 e. The van der Waals surface area contributed by atoms with Crippen LogP contribution in [0, 0.1) is 13.8 Å². The molecular weight excluding hydrogens is 508 g/mol. The number of anilines is 1. The van der Waals surface area contributed by atoms with Crippen LogP contribution in [0.1, 0.15) is 75.3 Å². The molecule has 0 aromatic heterocycles. The summed E-state index contributed by atoms with van der Waals surface area (Å²) in [7, 11) is 0. The van der Waals surface area contributed by atoms with Crippen molar-refractivity contribution in [2.24, 2.45) is 5.73 Å². The molecule has 0 radical (unpaired) electrons. The van der Waals surface area contributed by atoms with Crippen molar-refractivity contribution in [1.29, 1.82) is 0 Å². The van der Waals surface area contributed by atoms with Crippen LogP contribution in [0.4, 0.5) is 10.5 Å². The number of rotatable bonds is 12. The summed E-state index contributed by atoms with van der Waals surface area (Å²) in [6.45, 7) is 14.8. The number of ether oxygens (including phenoxy) is 1. The summed E-state index contributed by atoms with van der Waals surface area (Å²) in [6.07, 6.45) is 1.20. The highest BCUT2D eigenvalue weighted by Crippen LogP contribution is 2.28. The number of carbonyl (C=O) groups excluding carboxylic acids is 4. The van der Waals surface area contributed by atoms with Crippen LogP contribution in [0.2, 0.25) is 0 Å². The Morgan fingerprint density at radius 1 is 1.07 bits per heavy atom. The second kappa shape index (κ2) is 14.3. The van der Waals surface area contributed by atoms with Gasteiger partial charge >= 0.3 is 6.09 Å². The molecule has 9 heteroatoms. The van der Waals surface area contributed by atoms with Gasteiger partial charge in [0.05, 0.1) is 0 Å². The number of para-hydroxylation sites is 1. The molecule has 2 atom stereocenters. The van der Waals surface area contributed by atoms with Gasteiger partial charge in [-0.3, -0.25) is 14.4 Å². The lowest BCUT2D eigenvalue weighted by Gasteiger charge is -2.34. The molecule has 0 heterocycles. The van der Waals surface area contributed by atoms with Gasteiger partial charge in [-0.2, -0.15) is 0 Å². The zero-order chi connectivity index (χ0) is 30.0. The molecule has 0 aliphatic heterocycles. The van der Waals surface area contributed by atoms with Crippen LogP contribution in [0.5, 0.6) is 0 Å². The molecule has 2 aromatic carbocycles. The summed E-state index contributed by atoms with van der Waals surface area (Å²) in [6, 6.07) is 10.7. The molecule has 2 rings (SSSR count). The molecule has 4 amide bonds. The van der Waals surface area contributed by atoms with E-state index in [1.807, 2.05) is 45.0 Å². The Bertz CT molecular complexity index is 1210. The molecule has 0 aliphatic carbocycles. The monoisotopic (exact) mass is 550 g/mol. The Morgan fingerprint density at radius 2 is 1.70 bits per heavy atom. The minimum absolute atomic E-state index is 0.0500. The summed E-state index contributed by atoms with van der Waals surface area (Å²) >= 11 is 0. The zero-order valence-electron chi connectivity index (χ0n) is 24.4. The minimum atomic E-state index is -1.15. The number of alkyl carbamates (subject to hydrolysis) is 1. The predicted molar refractivity (Wildman–Crippen MR) is 157 cm³/mol. The topological polar surface area (TPSA) is 131 Å². The van der Waals surface area contributed by atoms with Crippen molar-refractivity contribution < 1.29 is 23.9 Å². The number of benzene rings is 2. The summed E-state index contributed by atoms with van der Waals surface area (Å²) in [5, 5.41) is 5.62.